The summed E-state index contributed by atoms with van der Waals surface area (Å²) in [6, 6.07) is -5.94. The molecular formula is C23H28F2N6O4S. The Morgan fingerprint density at radius 3 is 2.94 bits per heavy atom. The van der Waals surface area contributed by atoms with Crippen molar-refractivity contribution in [3.05, 3.63) is 35.3 Å². The summed E-state index contributed by atoms with van der Waals surface area (Å²) < 4.78 is 98.9. The van der Waals surface area contributed by atoms with E-state index in [1.165, 1.54) is 16.4 Å². The van der Waals surface area contributed by atoms with Gasteiger partial charge < -0.3 is 25.4 Å². The molecule has 1 unspecified atom stereocenters. The van der Waals surface area contributed by atoms with Gasteiger partial charge >= 0.3 is 0 Å². The van der Waals surface area contributed by atoms with Crippen LogP contribution >= 0.6 is 11.8 Å². The van der Waals surface area contributed by atoms with E-state index in [1.807, 2.05) is 6.92 Å². The number of aliphatic hydroxyl groups is 3. The molecule has 2 saturated carbocycles. The molecule has 194 valence electrons. The van der Waals surface area contributed by atoms with Crippen molar-refractivity contribution in [2.24, 2.45) is 0 Å². The Morgan fingerprint density at radius 1 is 1.33 bits per heavy atom. The second kappa shape index (κ2) is 10.5. The average Bonchev–Trinajstić information content (AvgIpc) is 3.28. The van der Waals surface area contributed by atoms with Gasteiger partial charge in [-0.3, -0.25) is 0 Å². The lowest BCUT2D eigenvalue weighted by Crippen LogP contribution is -2.33. The number of thioether (sulfide) groups is 1. The third-order valence-corrected chi connectivity index (χ3v) is 6.85. The summed E-state index contributed by atoms with van der Waals surface area (Å²) in [5.41, 5.74) is -0.812. The van der Waals surface area contributed by atoms with Gasteiger partial charge in [-0.2, -0.15) is 0 Å². The number of hydrogen-bond acceptors (Lipinski definition) is 10. The van der Waals surface area contributed by atoms with Gasteiger partial charge in [-0.05, 0) is 30.4 Å². The smallest absolute Gasteiger partial charge is 0.191 e. The van der Waals surface area contributed by atoms with Crippen LogP contribution in [0.2, 0.25) is 0 Å². The maximum atomic E-state index is 14.4. The van der Waals surface area contributed by atoms with E-state index in [9.17, 15) is 24.1 Å². The standard InChI is InChI=1S/C23H28F2N6O4S/c1-2-7-36-23-27-21(26-15-9-12(15)11-3-4-13(24)14(25)8-11)18-22(28-23)31(30-29-18)16-10-17(35-6-5-32)20(34)19(16)33/h3-4,8,12,15-17,19-20,32-34H,2,5-7,9-10H2,1H3,(H,26,27,28)/t12?,15-,16+,17-,19-,20+/m0/s1/i3D,4D,5D2,8D,9D2,12D. The number of halogens is 2. The molecule has 6 atom stereocenters. The fourth-order valence-corrected chi connectivity index (χ4v) is 4.68. The fraction of sp³-hybridized carbons (Fsp3) is 0.565. The number of anilines is 1. The number of nitrogens with zero attached hydrogens (tertiary/aromatic N) is 5. The second-order valence-corrected chi connectivity index (χ2v) is 9.28. The number of fused-ring (bicyclic) bond motifs is 1. The summed E-state index contributed by atoms with van der Waals surface area (Å²) >= 11 is 1.22. The molecule has 5 rings (SSSR count). The van der Waals surface area contributed by atoms with Crippen molar-refractivity contribution in [1.29, 1.82) is 0 Å². The Balaban J connectivity index is 1.53. The zero-order chi connectivity index (χ0) is 32.5. The maximum absolute atomic E-state index is 14.4. The molecule has 2 heterocycles. The van der Waals surface area contributed by atoms with Crippen molar-refractivity contribution in [2.45, 2.75) is 67.6 Å². The minimum absolute atomic E-state index is 0.0379. The first-order valence-corrected chi connectivity index (χ1v) is 12.1. The van der Waals surface area contributed by atoms with Crippen molar-refractivity contribution in [3.63, 3.8) is 0 Å². The van der Waals surface area contributed by atoms with Crippen LogP contribution in [0.15, 0.2) is 23.3 Å². The topological polar surface area (TPSA) is 138 Å². The number of aliphatic hydroxyl groups excluding tert-OH is 2. The number of benzene rings is 1. The van der Waals surface area contributed by atoms with Crippen LogP contribution < -0.4 is 5.32 Å². The lowest BCUT2D eigenvalue weighted by molar-refractivity contribution is -0.0629. The molecule has 4 N–H and O–H groups in total. The molecule has 36 heavy (non-hydrogen) atoms. The van der Waals surface area contributed by atoms with E-state index in [2.05, 4.69) is 25.6 Å². The molecule has 2 aliphatic rings. The molecule has 2 fully saturated rings. The Bertz CT molecular complexity index is 1570. The van der Waals surface area contributed by atoms with Gasteiger partial charge in [0.25, 0.3) is 0 Å². The lowest BCUT2D eigenvalue weighted by Gasteiger charge is -2.17. The van der Waals surface area contributed by atoms with Crippen molar-refractivity contribution in [2.75, 3.05) is 24.2 Å². The highest BCUT2D eigenvalue weighted by Gasteiger charge is 2.45. The Morgan fingerprint density at radius 2 is 2.17 bits per heavy atom. The second-order valence-electron chi connectivity index (χ2n) is 8.21. The lowest BCUT2D eigenvalue weighted by atomic mass is 10.1. The van der Waals surface area contributed by atoms with Crippen LogP contribution in [-0.4, -0.2) is 83.6 Å². The van der Waals surface area contributed by atoms with E-state index in [-0.39, 0.29) is 28.6 Å². The zero-order valence-electron chi connectivity index (χ0n) is 26.9. The molecule has 13 heteroatoms. The van der Waals surface area contributed by atoms with Crippen LogP contribution in [0.25, 0.3) is 11.2 Å². The van der Waals surface area contributed by atoms with E-state index in [0.29, 0.717) is 5.75 Å². The first-order valence-electron chi connectivity index (χ1n) is 15.1. The predicted octanol–water partition coefficient (Wildman–Crippen LogP) is 2.01. The molecule has 2 aromatic heterocycles. The Labute approximate surface area is 221 Å². The molecule has 0 radical (unpaired) electrons. The van der Waals surface area contributed by atoms with Crippen LogP contribution in [0.5, 0.6) is 0 Å². The van der Waals surface area contributed by atoms with Crippen LogP contribution in [0.4, 0.5) is 14.6 Å². The van der Waals surface area contributed by atoms with Crippen molar-refractivity contribution in [3.8, 4) is 0 Å². The Kier molecular flexibility index (Phi) is 5.00. The van der Waals surface area contributed by atoms with Gasteiger partial charge in [-0.1, -0.05) is 29.9 Å². The molecular weight excluding hydrogens is 494 g/mol. The summed E-state index contributed by atoms with van der Waals surface area (Å²) in [6.45, 7) is -1.53. The first kappa shape index (κ1) is 17.1. The number of ether oxygens (including phenoxy) is 1. The monoisotopic (exact) mass is 530 g/mol. The van der Waals surface area contributed by atoms with Crippen LogP contribution in [-0.2, 0) is 4.74 Å². The quantitative estimate of drug-likeness (QED) is 0.227. The highest BCUT2D eigenvalue weighted by atomic mass is 32.2. The van der Waals surface area contributed by atoms with Gasteiger partial charge in [0.2, 0.25) is 0 Å². The van der Waals surface area contributed by atoms with E-state index in [4.69, 9.17) is 15.7 Å². The van der Waals surface area contributed by atoms with Crippen molar-refractivity contribution >= 4 is 28.7 Å². The van der Waals surface area contributed by atoms with Crippen LogP contribution in [0, 0.1) is 11.6 Å². The molecule has 0 spiro atoms. The summed E-state index contributed by atoms with van der Waals surface area (Å²) in [5, 5.41) is 41.7. The molecule has 0 bridgehead atoms. The number of nitrogens with one attached hydrogen (secondary N) is 1. The summed E-state index contributed by atoms with van der Waals surface area (Å²) in [4.78, 5) is 8.85. The number of hydrogen-bond donors (Lipinski definition) is 4. The van der Waals surface area contributed by atoms with Crippen LogP contribution in [0.1, 0.15) is 54.6 Å². The fourth-order valence-electron chi connectivity index (χ4n) is 3.99. The zero-order valence-corrected chi connectivity index (χ0v) is 19.7. The van der Waals surface area contributed by atoms with Gasteiger partial charge in [-0.15, -0.1) is 5.10 Å². The highest BCUT2D eigenvalue weighted by molar-refractivity contribution is 7.99. The normalized spacial score (nSPS) is 34.7. The van der Waals surface area contributed by atoms with Gasteiger partial charge in [-0.25, -0.2) is 23.4 Å². The first-order chi connectivity index (χ1) is 20.5. The minimum atomic E-state index is -2.67. The predicted molar refractivity (Wildman–Crippen MR) is 128 cm³/mol. The summed E-state index contributed by atoms with van der Waals surface area (Å²) in [5.74, 6) is -5.57. The molecule has 1 aromatic carbocycles. The summed E-state index contributed by atoms with van der Waals surface area (Å²) in [6.07, 6.45) is -5.93. The van der Waals surface area contributed by atoms with Gasteiger partial charge in [0.1, 0.15) is 12.2 Å². The molecule has 10 nitrogen and oxygen atoms in total. The molecule has 0 saturated heterocycles. The SMILES string of the molecule is [2H]c1c([2H])c(C2([2H])[C@@H](Nc3nc(SCCC)nc4c3nnn4[C@@H]3C[C@H](OCC([2H])([2H])O)[C@@H](O)[C@H]3O)C2([2H])[2H])c([2H])c(F)c1F. The third kappa shape index (κ3) is 4.90. The van der Waals surface area contributed by atoms with E-state index in [1.54, 1.807) is 0 Å². The van der Waals surface area contributed by atoms with E-state index >= 15 is 0 Å². The van der Waals surface area contributed by atoms with Gasteiger partial charge in [0.05, 0.1) is 32.2 Å². The average molecular weight is 531 g/mol. The minimum Gasteiger partial charge on any atom is -0.394 e. The third-order valence-electron chi connectivity index (χ3n) is 5.79. The highest BCUT2D eigenvalue weighted by Crippen LogP contribution is 2.44. The number of aromatic nitrogens is 5. The molecule has 0 amide bonds. The van der Waals surface area contributed by atoms with E-state index in [0.717, 1.165) is 6.42 Å². The maximum Gasteiger partial charge on any atom is 0.191 e. The molecule has 3 aromatic rings. The largest absolute Gasteiger partial charge is 0.394 e. The van der Waals surface area contributed by atoms with Crippen molar-refractivity contribution in [1.82, 2.24) is 25.0 Å². The van der Waals surface area contributed by atoms with Crippen LogP contribution in [0.3, 0.4) is 0 Å². The Hall–Kier alpha value is -2.45. The van der Waals surface area contributed by atoms with E-state index < -0.39 is 91.2 Å². The summed E-state index contributed by atoms with van der Waals surface area (Å²) in [7, 11) is 0. The number of rotatable bonds is 10. The van der Waals surface area contributed by atoms with Gasteiger partial charge in [0, 0.05) is 28.2 Å². The molecule has 0 aliphatic heterocycles. The van der Waals surface area contributed by atoms with Gasteiger partial charge in [0.15, 0.2) is 33.8 Å². The van der Waals surface area contributed by atoms with Crippen molar-refractivity contribution < 1.29 is 39.8 Å². The molecule has 2 aliphatic carbocycles.